The van der Waals surface area contributed by atoms with Crippen LogP contribution < -0.4 is 15.6 Å². The number of nitrogens with zero attached hydrogens (tertiary/aromatic N) is 1. The van der Waals surface area contributed by atoms with Gasteiger partial charge in [0.1, 0.15) is 12.4 Å². The quantitative estimate of drug-likeness (QED) is 0.746. The molecule has 1 aliphatic carbocycles. The van der Waals surface area contributed by atoms with Gasteiger partial charge in [0.25, 0.3) is 0 Å². The molecular weight excluding hydrogens is 342 g/mol. The molecule has 2 N–H and O–H groups in total. The van der Waals surface area contributed by atoms with Crippen molar-refractivity contribution in [3.05, 3.63) is 51.2 Å². The molecule has 0 aromatic carbocycles. The van der Waals surface area contributed by atoms with Crippen LogP contribution in [-0.2, 0) is 0 Å². The monoisotopic (exact) mass is 373 g/mol. The van der Waals surface area contributed by atoms with Gasteiger partial charge >= 0.3 is 0 Å². The second-order valence-corrected chi connectivity index (χ2v) is 6.77. The van der Waals surface area contributed by atoms with E-state index in [1.54, 1.807) is 0 Å². The van der Waals surface area contributed by atoms with Gasteiger partial charge in [-0.25, -0.2) is 0 Å². The van der Waals surface area contributed by atoms with Gasteiger partial charge in [-0.1, -0.05) is 13.8 Å². The van der Waals surface area contributed by atoms with Crippen molar-refractivity contribution in [1.82, 2.24) is 15.2 Å². The maximum absolute atomic E-state index is 11.3. The maximum atomic E-state index is 11.3. The molecule has 0 atom stereocenters. The average Bonchev–Trinajstić information content (AvgIpc) is 3.18. The first-order chi connectivity index (χ1) is 13.1. The second-order valence-electron chi connectivity index (χ2n) is 6.77. The summed E-state index contributed by atoms with van der Waals surface area (Å²) in [6.45, 7) is 9.65. The lowest BCUT2D eigenvalue weighted by atomic mass is 9.89. The summed E-state index contributed by atoms with van der Waals surface area (Å²) in [4.78, 5) is 27.4. The third-order valence-electron chi connectivity index (χ3n) is 4.77. The molecule has 0 saturated heterocycles. The van der Waals surface area contributed by atoms with E-state index >= 15 is 0 Å². The number of nitrogens with one attached hydrogen (secondary N) is 2. The normalized spacial score (nSPS) is 16.5. The van der Waals surface area contributed by atoms with E-state index in [-0.39, 0.29) is 11.1 Å². The Morgan fingerprint density at radius 2 is 2.00 bits per heavy atom. The number of carbonyl (C=O) groups is 1. The van der Waals surface area contributed by atoms with E-state index in [1.807, 2.05) is 13.8 Å². The minimum Gasteiger partial charge on any atom is -0.487 e. The summed E-state index contributed by atoms with van der Waals surface area (Å²) < 4.78 is 5.88. The lowest BCUT2D eigenvalue weighted by Crippen LogP contribution is -2.31. The minimum atomic E-state index is -0.304. The Balaban J connectivity index is 0.00000126. The minimum absolute atomic E-state index is 0.285. The van der Waals surface area contributed by atoms with Crippen molar-refractivity contribution in [2.24, 2.45) is 0 Å². The van der Waals surface area contributed by atoms with Crippen molar-refractivity contribution in [1.29, 1.82) is 0 Å². The van der Waals surface area contributed by atoms with Crippen LogP contribution in [0.2, 0.25) is 0 Å². The molecule has 0 spiro atoms. The van der Waals surface area contributed by atoms with Gasteiger partial charge in [-0.2, -0.15) is 0 Å². The Morgan fingerprint density at radius 3 is 2.70 bits per heavy atom. The third-order valence-corrected chi connectivity index (χ3v) is 4.77. The maximum Gasteiger partial charge on any atom is 0.248 e. The first-order valence-electron chi connectivity index (χ1n) is 9.82. The number of ether oxygens (including phenoxy) is 1. The smallest absolute Gasteiger partial charge is 0.248 e. The van der Waals surface area contributed by atoms with E-state index < -0.39 is 0 Å². The van der Waals surface area contributed by atoms with Crippen LogP contribution in [0.4, 0.5) is 0 Å². The lowest BCUT2D eigenvalue weighted by Gasteiger charge is -2.30. The zero-order valence-corrected chi connectivity index (χ0v) is 16.8. The zero-order chi connectivity index (χ0) is 19.8. The van der Waals surface area contributed by atoms with Gasteiger partial charge < -0.3 is 19.9 Å². The van der Waals surface area contributed by atoms with Crippen molar-refractivity contribution >= 4 is 6.29 Å². The van der Waals surface area contributed by atoms with Crippen LogP contribution in [0.1, 0.15) is 63.7 Å². The predicted octanol–water partition coefficient (Wildman–Crippen LogP) is 3.58. The molecule has 3 rings (SSSR count). The highest BCUT2D eigenvalue weighted by molar-refractivity contribution is 5.78. The molecule has 0 fully saturated rings. The van der Waals surface area contributed by atoms with Crippen LogP contribution in [0, 0.1) is 0 Å². The van der Waals surface area contributed by atoms with E-state index in [0.29, 0.717) is 24.7 Å². The number of rotatable bonds is 6. The van der Waals surface area contributed by atoms with Crippen molar-refractivity contribution < 1.29 is 9.53 Å². The Bertz CT molecular complexity index is 762. The van der Waals surface area contributed by atoms with Crippen molar-refractivity contribution in [3.63, 3.8) is 0 Å². The molecule has 27 heavy (non-hydrogen) atoms. The molecule has 0 saturated carbocycles. The molecule has 1 aromatic heterocycles. The summed E-state index contributed by atoms with van der Waals surface area (Å²) in [5.41, 5.74) is 3.86. The number of pyridine rings is 1. The van der Waals surface area contributed by atoms with Gasteiger partial charge in [-0.3, -0.25) is 9.59 Å². The lowest BCUT2D eigenvalue weighted by molar-refractivity contribution is 0.111. The average molecular weight is 373 g/mol. The van der Waals surface area contributed by atoms with Gasteiger partial charge in [0.05, 0.1) is 17.9 Å². The third kappa shape index (κ3) is 5.02. The number of hydrogen-bond donors (Lipinski definition) is 2. The number of allylic oxidation sites excluding steroid dienone is 1. The molecule has 6 nitrogen and oxygen atoms in total. The van der Waals surface area contributed by atoms with E-state index in [2.05, 4.69) is 35.2 Å². The fourth-order valence-electron chi connectivity index (χ4n) is 3.42. The number of hydrogen-bond acceptors (Lipinski definition) is 5. The van der Waals surface area contributed by atoms with Crippen LogP contribution in [0.25, 0.3) is 0 Å². The molecule has 148 valence electrons. The number of H-pyrrole nitrogens is 1. The molecule has 1 aromatic rings. The molecule has 0 radical (unpaired) electrons. The summed E-state index contributed by atoms with van der Waals surface area (Å²) in [6, 6.07) is 1.70. The highest BCUT2D eigenvalue weighted by Gasteiger charge is 2.25. The van der Waals surface area contributed by atoms with Gasteiger partial charge in [-0.05, 0) is 50.7 Å². The summed E-state index contributed by atoms with van der Waals surface area (Å²) in [7, 11) is 0. The summed E-state index contributed by atoms with van der Waals surface area (Å²) >= 11 is 0. The van der Waals surface area contributed by atoms with Crippen molar-refractivity contribution in [3.8, 4) is 5.75 Å². The number of carbonyl (C=O) groups excluding carboxylic acids is 1. The van der Waals surface area contributed by atoms with Crippen LogP contribution >= 0.6 is 0 Å². The zero-order valence-electron chi connectivity index (χ0n) is 16.8. The molecule has 0 unspecified atom stereocenters. The Kier molecular flexibility index (Phi) is 7.70. The number of aromatic amines is 1. The Hall–Kier alpha value is -2.50. The van der Waals surface area contributed by atoms with E-state index in [9.17, 15) is 9.59 Å². The van der Waals surface area contributed by atoms with Crippen LogP contribution in [0.3, 0.4) is 0 Å². The molecule has 0 bridgehead atoms. The molecule has 2 aliphatic rings. The summed E-state index contributed by atoms with van der Waals surface area (Å²) in [6.07, 6.45) is 8.59. The van der Waals surface area contributed by atoms with Gasteiger partial charge in [0.2, 0.25) is 5.56 Å². The SMILES string of the molecule is CC.CC(C)N1CNC=C1C1=C(COc2c[nH]c(=O)cc2C=O)CCCC1. The first-order valence-corrected chi connectivity index (χ1v) is 9.82. The fourth-order valence-corrected chi connectivity index (χ4v) is 3.42. The molecule has 2 heterocycles. The summed E-state index contributed by atoms with van der Waals surface area (Å²) in [5, 5.41) is 3.32. The van der Waals surface area contributed by atoms with Gasteiger partial charge in [0, 0.05) is 24.5 Å². The molecule has 6 heteroatoms. The Morgan fingerprint density at radius 1 is 1.26 bits per heavy atom. The van der Waals surface area contributed by atoms with Crippen LogP contribution in [0.5, 0.6) is 5.75 Å². The van der Waals surface area contributed by atoms with Crippen LogP contribution in [-0.4, -0.2) is 35.5 Å². The highest BCUT2D eigenvalue weighted by atomic mass is 16.5. The second kappa shape index (κ2) is 10.00. The van der Waals surface area contributed by atoms with Gasteiger partial charge in [-0.15, -0.1) is 0 Å². The fraction of sp³-hybridized carbons (Fsp3) is 0.524. The van der Waals surface area contributed by atoms with Gasteiger partial charge in [0.15, 0.2) is 6.29 Å². The van der Waals surface area contributed by atoms with Crippen LogP contribution in [0.15, 0.2) is 40.1 Å². The topological polar surface area (TPSA) is 74.4 Å². The van der Waals surface area contributed by atoms with E-state index in [0.717, 1.165) is 25.9 Å². The standard InChI is InChI=1S/C19H25N3O3.C2H6/c1-13(2)22-12-20-8-17(22)16-6-4-3-5-14(16)11-25-18-9-21-19(24)7-15(18)10-23;1-2/h7-10,13,20H,3-6,11-12H2,1-2H3,(H,21,24);1-2H3. The number of aldehydes is 1. The summed E-state index contributed by atoms with van der Waals surface area (Å²) in [5.74, 6) is 0.422. The van der Waals surface area contributed by atoms with E-state index in [1.165, 1.54) is 35.5 Å². The largest absolute Gasteiger partial charge is 0.487 e. The van der Waals surface area contributed by atoms with Crippen molar-refractivity contribution in [2.45, 2.75) is 59.4 Å². The molecule has 1 aliphatic heterocycles. The van der Waals surface area contributed by atoms with E-state index in [4.69, 9.17) is 4.74 Å². The molecule has 0 amide bonds. The predicted molar refractivity (Wildman–Crippen MR) is 108 cm³/mol. The Labute approximate surface area is 161 Å². The molecular formula is C21H31N3O3. The highest BCUT2D eigenvalue weighted by Crippen LogP contribution is 2.33. The van der Waals surface area contributed by atoms with Crippen molar-refractivity contribution in [2.75, 3.05) is 13.3 Å². The number of aromatic nitrogens is 1. The first kappa shape index (κ1) is 20.8.